The molecule has 4 rings (SSSR count). The third-order valence-corrected chi connectivity index (χ3v) is 3.47. The van der Waals surface area contributed by atoms with Crippen molar-refractivity contribution in [2.75, 3.05) is 0 Å². The summed E-state index contributed by atoms with van der Waals surface area (Å²) in [6.45, 7) is 0.384. The zero-order chi connectivity index (χ0) is 14.2. The second kappa shape index (κ2) is 4.52. The Hall–Kier alpha value is -3.02. The maximum atomic E-state index is 12.7. The van der Waals surface area contributed by atoms with Gasteiger partial charge >= 0.3 is 0 Å². The minimum Gasteiger partial charge on any atom is -0.299 e. The summed E-state index contributed by atoms with van der Waals surface area (Å²) in [5.74, 6) is 0. The fourth-order valence-corrected chi connectivity index (χ4v) is 2.52. The van der Waals surface area contributed by atoms with Crippen molar-refractivity contribution in [1.82, 2.24) is 23.9 Å². The van der Waals surface area contributed by atoms with Crippen LogP contribution >= 0.6 is 0 Å². The largest absolute Gasteiger partial charge is 0.299 e. The lowest BCUT2D eigenvalue weighted by Crippen LogP contribution is -2.23. The van der Waals surface area contributed by atoms with Crippen molar-refractivity contribution < 1.29 is 0 Å². The van der Waals surface area contributed by atoms with Gasteiger partial charge in [0.1, 0.15) is 5.52 Å². The number of nitrogens with zero attached hydrogens (tertiary/aromatic N) is 5. The quantitative estimate of drug-likeness (QED) is 0.557. The molecule has 6 nitrogen and oxygen atoms in total. The van der Waals surface area contributed by atoms with Gasteiger partial charge in [-0.05, 0) is 12.1 Å². The predicted octanol–water partition coefficient (Wildman–Crippen LogP) is 1.49. The van der Waals surface area contributed by atoms with Gasteiger partial charge in [0.05, 0.1) is 42.0 Å². The van der Waals surface area contributed by atoms with Crippen molar-refractivity contribution in [2.24, 2.45) is 0 Å². The highest BCUT2D eigenvalue weighted by molar-refractivity contribution is 5.78. The van der Waals surface area contributed by atoms with E-state index in [9.17, 15) is 4.79 Å². The van der Waals surface area contributed by atoms with Crippen molar-refractivity contribution in [1.29, 1.82) is 0 Å². The number of aromatic nitrogens is 5. The highest BCUT2D eigenvalue weighted by Gasteiger charge is 2.11. The van der Waals surface area contributed by atoms with Crippen molar-refractivity contribution in [3.05, 3.63) is 71.4 Å². The minimum atomic E-state index is -0.0862. The maximum Gasteiger partial charge on any atom is 0.277 e. The van der Waals surface area contributed by atoms with E-state index < -0.39 is 0 Å². The van der Waals surface area contributed by atoms with Gasteiger partial charge in [-0.15, -0.1) is 0 Å². The highest BCUT2D eigenvalue weighted by Crippen LogP contribution is 2.14. The first-order chi connectivity index (χ1) is 10.3. The summed E-state index contributed by atoms with van der Waals surface area (Å²) >= 11 is 0. The number of rotatable bonds is 2. The summed E-state index contributed by atoms with van der Waals surface area (Å²) in [7, 11) is 0. The standard InChI is InChI=1S/C15H11N5O/c21-15-14-8-17-10-20(14)13-4-2-1-3-12(13)19(15)9-11-7-16-5-6-18-11/h1-8,10H,9H2. The van der Waals surface area contributed by atoms with Gasteiger partial charge in [0.2, 0.25) is 0 Å². The molecule has 0 unspecified atom stereocenters. The number of fused-ring (bicyclic) bond motifs is 3. The molecule has 0 fully saturated rings. The van der Waals surface area contributed by atoms with Gasteiger partial charge < -0.3 is 0 Å². The molecule has 3 heterocycles. The van der Waals surface area contributed by atoms with Crippen LogP contribution in [-0.2, 0) is 6.54 Å². The Morgan fingerprint density at radius 2 is 1.81 bits per heavy atom. The van der Waals surface area contributed by atoms with Gasteiger partial charge in [0.15, 0.2) is 0 Å². The second-order valence-corrected chi connectivity index (χ2v) is 4.73. The van der Waals surface area contributed by atoms with Crippen molar-refractivity contribution in [2.45, 2.75) is 6.54 Å². The maximum absolute atomic E-state index is 12.7. The van der Waals surface area contributed by atoms with E-state index in [0.717, 1.165) is 16.7 Å². The van der Waals surface area contributed by atoms with Crippen LogP contribution in [0.15, 0.2) is 60.2 Å². The molecule has 0 spiro atoms. The summed E-state index contributed by atoms with van der Waals surface area (Å²) in [6, 6.07) is 7.75. The lowest BCUT2D eigenvalue weighted by atomic mass is 10.2. The lowest BCUT2D eigenvalue weighted by molar-refractivity contribution is 0.764. The molecule has 3 aromatic heterocycles. The third kappa shape index (κ3) is 1.80. The van der Waals surface area contributed by atoms with Crippen LogP contribution in [0.2, 0.25) is 0 Å². The average molecular weight is 277 g/mol. The van der Waals surface area contributed by atoms with E-state index in [0.29, 0.717) is 12.1 Å². The van der Waals surface area contributed by atoms with Gasteiger partial charge in [-0.2, -0.15) is 0 Å². The van der Waals surface area contributed by atoms with Crippen molar-refractivity contribution in [3.8, 4) is 0 Å². The van der Waals surface area contributed by atoms with Crippen LogP contribution in [0.4, 0.5) is 0 Å². The topological polar surface area (TPSA) is 65.1 Å². The Morgan fingerprint density at radius 1 is 0.952 bits per heavy atom. The Bertz CT molecular complexity index is 987. The molecular formula is C15H11N5O. The smallest absolute Gasteiger partial charge is 0.277 e. The van der Waals surface area contributed by atoms with Gasteiger partial charge in [0, 0.05) is 12.4 Å². The van der Waals surface area contributed by atoms with Gasteiger partial charge in [-0.25, -0.2) is 4.98 Å². The minimum absolute atomic E-state index is 0.0862. The number of benzene rings is 1. The van der Waals surface area contributed by atoms with E-state index in [1.165, 1.54) is 0 Å². The molecule has 0 atom stereocenters. The zero-order valence-corrected chi connectivity index (χ0v) is 11.0. The summed E-state index contributed by atoms with van der Waals surface area (Å²) < 4.78 is 3.52. The van der Waals surface area contributed by atoms with E-state index >= 15 is 0 Å². The molecule has 0 aliphatic rings. The van der Waals surface area contributed by atoms with E-state index in [2.05, 4.69) is 15.0 Å². The monoisotopic (exact) mass is 277 g/mol. The molecular weight excluding hydrogens is 266 g/mol. The van der Waals surface area contributed by atoms with Crippen LogP contribution < -0.4 is 5.56 Å². The Morgan fingerprint density at radius 3 is 2.62 bits per heavy atom. The van der Waals surface area contributed by atoms with Crippen LogP contribution in [0, 0.1) is 0 Å². The molecule has 102 valence electrons. The van der Waals surface area contributed by atoms with Crippen LogP contribution in [0.1, 0.15) is 5.69 Å². The van der Waals surface area contributed by atoms with E-state index in [1.54, 1.807) is 35.7 Å². The Balaban J connectivity index is 2.06. The first-order valence-electron chi connectivity index (χ1n) is 6.53. The number of hydrogen-bond donors (Lipinski definition) is 0. The zero-order valence-electron chi connectivity index (χ0n) is 11.0. The van der Waals surface area contributed by atoms with Crippen LogP contribution in [0.5, 0.6) is 0 Å². The molecule has 0 saturated heterocycles. The molecule has 0 radical (unpaired) electrons. The molecule has 0 aliphatic heterocycles. The fraction of sp³-hybridized carbons (Fsp3) is 0.0667. The van der Waals surface area contributed by atoms with Crippen molar-refractivity contribution in [3.63, 3.8) is 0 Å². The Kier molecular flexibility index (Phi) is 2.53. The molecule has 0 amide bonds. The van der Waals surface area contributed by atoms with E-state index in [-0.39, 0.29) is 5.56 Å². The molecule has 0 aliphatic carbocycles. The highest BCUT2D eigenvalue weighted by atomic mass is 16.1. The molecule has 0 bridgehead atoms. The summed E-state index contributed by atoms with van der Waals surface area (Å²) in [5.41, 5.74) is 3.00. The van der Waals surface area contributed by atoms with Crippen molar-refractivity contribution >= 4 is 16.6 Å². The van der Waals surface area contributed by atoms with Crippen LogP contribution in [0.25, 0.3) is 16.6 Å². The Labute approximate surface area is 119 Å². The van der Waals surface area contributed by atoms with E-state index in [4.69, 9.17) is 0 Å². The summed E-state index contributed by atoms with van der Waals surface area (Å²) in [4.78, 5) is 25.0. The molecule has 0 saturated carbocycles. The van der Waals surface area contributed by atoms with Gasteiger partial charge in [0.25, 0.3) is 5.56 Å². The predicted molar refractivity (Wildman–Crippen MR) is 78.1 cm³/mol. The summed E-state index contributed by atoms with van der Waals surface area (Å²) in [5, 5.41) is 0. The van der Waals surface area contributed by atoms with Gasteiger partial charge in [-0.3, -0.25) is 23.7 Å². The first kappa shape index (κ1) is 11.8. The first-order valence-corrected chi connectivity index (χ1v) is 6.53. The normalized spacial score (nSPS) is 11.2. The average Bonchev–Trinajstić information content (AvgIpc) is 3.02. The number of hydrogen-bond acceptors (Lipinski definition) is 4. The second-order valence-electron chi connectivity index (χ2n) is 4.73. The van der Waals surface area contributed by atoms with Gasteiger partial charge in [-0.1, -0.05) is 12.1 Å². The molecule has 21 heavy (non-hydrogen) atoms. The molecule has 6 heteroatoms. The fourth-order valence-electron chi connectivity index (χ4n) is 2.52. The molecule has 4 aromatic rings. The van der Waals surface area contributed by atoms with Crippen LogP contribution in [0.3, 0.4) is 0 Å². The van der Waals surface area contributed by atoms with E-state index in [1.807, 2.05) is 28.7 Å². The molecule has 1 aromatic carbocycles. The number of para-hydroxylation sites is 2. The summed E-state index contributed by atoms with van der Waals surface area (Å²) in [6.07, 6.45) is 8.15. The number of imidazole rings is 1. The molecule has 0 N–H and O–H groups in total. The third-order valence-electron chi connectivity index (χ3n) is 3.47. The lowest BCUT2D eigenvalue weighted by Gasteiger charge is -2.11. The SMILES string of the molecule is O=c1c2cncn2c2ccccc2n1Cc1cnccn1. The van der Waals surface area contributed by atoms with Crippen LogP contribution in [-0.4, -0.2) is 23.9 Å².